The molecule has 5 heteroatoms. The Kier molecular flexibility index (Phi) is 4.33. The van der Waals surface area contributed by atoms with E-state index in [1.165, 1.54) is 0 Å². The number of nitrogens with zero attached hydrogens (tertiary/aromatic N) is 1. The Morgan fingerprint density at radius 1 is 1.08 bits per heavy atom. The monoisotopic (exact) mass is 322 g/mol. The van der Waals surface area contributed by atoms with Gasteiger partial charge in [-0.1, -0.05) is 24.3 Å². The fraction of sp³-hybridized carbons (Fsp3) is 0.158. The highest BCUT2D eigenvalue weighted by atomic mass is 16.4. The second-order valence-corrected chi connectivity index (χ2v) is 5.72. The maximum Gasteiger partial charge on any atom is 0.303 e. The summed E-state index contributed by atoms with van der Waals surface area (Å²) in [5.74, 6) is -0.961. The SMILES string of the molecule is Nc1cccc(C(=O)n2cc(CCCC(=O)O)c3ccccc32)c1. The molecule has 1 heterocycles. The van der Waals surface area contributed by atoms with Gasteiger partial charge in [0.2, 0.25) is 0 Å². The molecule has 0 spiro atoms. The van der Waals surface area contributed by atoms with Gasteiger partial charge in [-0.05, 0) is 42.7 Å². The topological polar surface area (TPSA) is 85.3 Å². The van der Waals surface area contributed by atoms with E-state index in [-0.39, 0.29) is 12.3 Å². The maximum atomic E-state index is 12.8. The molecule has 3 rings (SSSR count). The Labute approximate surface area is 139 Å². The summed E-state index contributed by atoms with van der Waals surface area (Å²) >= 11 is 0. The summed E-state index contributed by atoms with van der Waals surface area (Å²) in [6.45, 7) is 0. The number of benzene rings is 2. The Bertz CT molecular complexity index is 912. The molecular formula is C19H18N2O3. The van der Waals surface area contributed by atoms with Crippen LogP contribution in [0.15, 0.2) is 54.7 Å². The highest BCUT2D eigenvalue weighted by Gasteiger charge is 2.15. The van der Waals surface area contributed by atoms with Crippen molar-refractivity contribution in [3.05, 3.63) is 65.9 Å². The number of fused-ring (bicyclic) bond motifs is 1. The molecule has 0 aliphatic rings. The van der Waals surface area contributed by atoms with Gasteiger partial charge in [-0.15, -0.1) is 0 Å². The van der Waals surface area contributed by atoms with Crippen LogP contribution in [0, 0.1) is 0 Å². The summed E-state index contributed by atoms with van der Waals surface area (Å²) in [7, 11) is 0. The number of aliphatic carboxylic acids is 1. The summed E-state index contributed by atoms with van der Waals surface area (Å²) in [5, 5.41) is 9.77. The minimum Gasteiger partial charge on any atom is -0.481 e. The third kappa shape index (κ3) is 3.15. The number of para-hydroxylation sites is 1. The van der Waals surface area contributed by atoms with Crippen molar-refractivity contribution in [3.8, 4) is 0 Å². The van der Waals surface area contributed by atoms with E-state index in [9.17, 15) is 9.59 Å². The van der Waals surface area contributed by atoms with Crippen molar-refractivity contribution in [1.29, 1.82) is 0 Å². The van der Waals surface area contributed by atoms with Crippen molar-refractivity contribution < 1.29 is 14.7 Å². The molecular weight excluding hydrogens is 304 g/mol. The molecule has 2 aromatic carbocycles. The number of carbonyl (C=O) groups is 2. The minimum atomic E-state index is -0.811. The minimum absolute atomic E-state index is 0.114. The number of nitrogens with two attached hydrogens (primary N) is 1. The number of carbonyl (C=O) groups excluding carboxylic acids is 1. The zero-order valence-electron chi connectivity index (χ0n) is 13.1. The molecule has 0 saturated heterocycles. The lowest BCUT2D eigenvalue weighted by atomic mass is 10.1. The normalized spacial score (nSPS) is 10.8. The van der Waals surface area contributed by atoms with E-state index in [0.717, 1.165) is 16.5 Å². The van der Waals surface area contributed by atoms with Crippen molar-refractivity contribution in [1.82, 2.24) is 4.57 Å². The summed E-state index contributed by atoms with van der Waals surface area (Å²) in [6.07, 6.45) is 3.07. The molecule has 122 valence electrons. The van der Waals surface area contributed by atoms with Crippen LogP contribution in [0.5, 0.6) is 0 Å². The molecule has 0 atom stereocenters. The fourth-order valence-corrected chi connectivity index (χ4v) is 2.86. The standard InChI is InChI=1S/C19H18N2O3/c20-15-7-3-5-13(11-15)19(24)21-12-14(6-4-10-18(22)23)16-8-1-2-9-17(16)21/h1-3,5,7-9,11-12H,4,6,10,20H2,(H,22,23). The second kappa shape index (κ2) is 6.58. The van der Waals surface area contributed by atoms with Crippen LogP contribution in [0.2, 0.25) is 0 Å². The number of rotatable bonds is 5. The van der Waals surface area contributed by atoms with E-state index < -0.39 is 5.97 Å². The highest BCUT2D eigenvalue weighted by molar-refractivity contribution is 6.03. The quantitative estimate of drug-likeness (QED) is 0.706. The largest absolute Gasteiger partial charge is 0.481 e. The molecule has 3 aromatic rings. The van der Waals surface area contributed by atoms with Crippen LogP contribution in [0.1, 0.15) is 28.8 Å². The molecule has 0 fully saturated rings. The molecule has 24 heavy (non-hydrogen) atoms. The molecule has 0 saturated carbocycles. The summed E-state index contributed by atoms with van der Waals surface area (Å²) in [6, 6.07) is 14.5. The van der Waals surface area contributed by atoms with Crippen LogP contribution < -0.4 is 5.73 Å². The molecule has 1 aromatic heterocycles. The summed E-state index contributed by atoms with van der Waals surface area (Å²) in [4.78, 5) is 23.5. The van der Waals surface area contributed by atoms with Gasteiger partial charge in [0.05, 0.1) is 5.52 Å². The van der Waals surface area contributed by atoms with E-state index in [4.69, 9.17) is 10.8 Å². The van der Waals surface area contributed by atoms with Crippen LogP contribution in [0.25, 0.3) is 10.9 Å². The number of aryl methyl sites for hydroxylation is 1. The second-order valence-electron chi connectivity index (χ2n) is 5.72. The predicted octanol–water partition coefficient (Wildman–Crippen LogP) is 3.32. The number of nitrogen functional groups attached to an aromatic ring is 1. The first-order valence-corrected chi connectivity index (χ1v) is 7.77. The third-order valence-corrected chi connectivity index (χ3v) is 3.98. The summed E-state index contributed by atoms with van der Waals surface area (Å²) in [5.41, 5.74) is 8.62. The van der Waals surface area contributed by atoms with Gasteiger partial charge in [-0.25, -0.2) is 0 Å². The zero-order valence-corrected chi connectivity index (χ0v) is 13.1. The molecule has 5 nitrogen and oxygen atoms in total. The average Bonchev–Trinajstić information content (AvgIpc) is 2.93. The number of hydrogen-bond donors (Lipinski definition) is 2. The Morgan fingerprint density at radius 2 is 1.88 bits per heavy atom. The van der Waals surface area contributed by atoms with Crippen molar-refractivity contribution >= 4 is 28.5 Å². The van der Waals surface area contributed by atoms with Crippen molar-refractivity contribution in [3.63, 3.8) is 0 Å². The fourth-order valence-electron chi connectivity index (χ4n) is 2.86. The van der Waals surface area contributed by atoms with Crippen LogP contribution >= 0.6 is 0 Å². The lowest BCUT2D eigenvalue weighted by molar-refractivity contribution is -0.137. The average molecular weight is 322 g/mol. The van der Waals surface area contributed by atoms with Crippen molar-refractivity contribution in [2.75, 3.05) is 5.73 Å². The van der Waals surface area contributed by atoms with Gasteiger partial charge in [0.25, 0.3) is 5.91 Å². The lowest BCUT2D eigenvalue weighted by Gasteiger charge is -2.04. The van der Waals surface area contributed by atoms with Crippen LogP contribution in [-0.2, 0) is 11.2 Å². The van der Waals surface area contributed by atoms with E-state index in [1.54, 1.807) is 35.0 Å². The van der Waals surface area contributed by atoms with E-state index in [1.807, 2.05) is 24.3 Å². The summed E-state index contributed by atoms with van der Waals surface area (Å²) < 4.78 is 1.61. The number of aromatic nitrogens is 1. The van der Waals surface area contributed by atoms with Crippen LogP contribution in [0.3, 0.4) is 0 Å². The van der Waals surface area contributed by atoms with Gasteiger partial charge in [0.1, 0.15) is 0 Å². The predicted molar refractivity (Wildman–Crippen MR) is 93.1 cm³/mol. The van der Waals surface area contributed by atoms with Crippen LogP contribution in [0.4, 0.5) is 5.69 Å². The number of hydrogen-bond acceptors (Lipinski definition) is 3. The third-order valence-electron chi connectivity index (χ3n) is 3.98. The molecule has 0 aliphatic heterocycles. The first kappa shape index (κ1) is 15.8. The van der Waals surface area contributed by atoms with Gasteiger partial charge in [-0.3, -0.25) is 14.2 Å². The van der Waals surface area contributed by atoms with Gasteiger partial charge in [-0.2, -0.15) is 0 Å². The van der Waals surface area contributed by atoms with Gasteiger partial charge in [0, 0.05) is 29.3 Å². The first-order chi connectivity index (χ1) is 11.6. The van der Waals surface area contributed by atoms with E-state index in [2.05, 4.69) is 0 Å². The highest BCUT2D eigenvalue weighted by Crippen LogP contribution is 2.24. The van der Waals surface area contributed by atoms with Crippen molar-refractivity contribution in [2.24, 2.45) is 0 Å². The van der Waals surface area contributed by atoms with E-state index >= 15 is 0 Å². The van der Waals surface area contributed by atoms with Gasteiger partial charge >= 0.3 is 5.97 Å². The molecule has 0 unspecified atom stereocenters. The zero-order chi connectivity index (χ0) is 17.1. The molecule has 3 N–H and O–H groups in total. The van der Waals surface area contributed by atoms with Crippen LogP contribution in [-0.4, -0.2) is 21.6 Å². The van der Waals surface area contributed by atoms with Gasteiger partial charge in [0.15, 0.2) is 0 Å². The Balaban J connectivity index is 1.99. The van der Waals surface area contributed by atoms with E-state index in [0.29, 0.717) is 24.1 Å². The number of carboxylic acid groups (broad SMARTS) is 1. The van der Waals surface area contributed by atoms with Crippen molar-refractivity contribution in [2.45, 2.75) is 19.3 Å². The first-order valence-electron chi connectivity index (χ1n) is 7.77. The maximum absolute atomic E-state index is 12.8. The molecule has 0 aliphatic carbocycles. The number of anilines is 1. The van der Waals surface area contributed by atoms with Gasteiger partial charge < -0.3 is 10.8 Å². The number of carboxylic acids is 1. The smallest absolute Gasteiger partial charge is 0.303 e. The molecule has 0 radical (unpaired) electrons. The molecule has 0 amide bonds. The molecule has 0 bridgehead atoms. The Morgan fingerprint density at radius 3 is 2.62 bits per heavy atom. The Hall–Kier alpha value is -3.08. The lowest BCUT2D eigenvalue weighted by Crippen LogP contribution is -2.11.